The third kappa shape index (κ3) is 5.70. The first kappa shape index (κ1) is 20.7. The lowest BCUT2D eigenvalue weighted by atomic mass is 10.3. The minimum absolute atomic E-state index is 0.106. The predicted molar refractivity (Wildman–Crippen MR) is 103 cm³/mol. The van der Waals surface area contributed by atoms with E-state index in [-0.39, 0.29) is 23.5 Å². The van der Waals surface area contributed by atoms with E-state index in [9.17, 15) is 13.2 Å². The molecule has 0 bridgehead atoms. The Morgan fingerprint density at radius 2 is 1.74 bits per heavy atom. The van der Waals surface area contributed by atoms with Crippen LogP contribution in [0.3, 0.4) is 0 Å². The summed E-state index contributed by atoms with van der Waals surface area (Å²) in [5.41, 5.74) is 0.490. The molecule has 2 rings (SSSR count). The Bertz CT molecular complexity index is 838. The average molecular weight is 392 g/mol. The van der Waals surface area contributed by atoms with Gasteiger partial charge in [0.2, 0.25) is 0 Å². The molecule has 0 aromatic heterocycles. The second-order valence-electron chi connectivity index (χ2n) is 5.99. The molecule has 0 spiro atoms. The van der Waals surface area contributed by atoms with Gasteiger partial charge in [0.1, 0.15) is 5.75 Å². The number of carbonyl (C=O) groups is 1. The van der Waals surface area contributed by atoms with Gasteiger partial charge in [0.05, 0.1) is 17.2 Å². The van der Waals surface area contributed by atoms with Gasteiger partial charge < -0.3 is 14.8 Å². The summed E-state index contributed by atoms with van der Waals surface area (Å²) in [6, 6.07) is 14.6. The van der Waals surface area contributed by atoms with Crippen molar-refractivity contribution in [3.05, 3.63) is 54.6 Å². The molecular weight excluding hydrogens is 368 g/mol. The maximum atomic E-state index is 12.6. The van der Waals surface area contributed by atoms with Crippen LogP contribution in [0.5, 0.6) is 5.75 Å². The first-order valence-electron chi connectivity index (χ1n) is 8.39. The van der Waals surface area contributed by atoms with Gasteiger partial charge in [-0.3, -0.25) is 9.10 Å². The Morgan fingerprint density at radius 1 is 1.11 bits per heavy atom. The molecule has 7 nitrogen and oxygen atoms in total. The van der Waals surface area contributed by atoms with Gasteiger partial charge in [-0.2, -0.15) is 0 Å². The van der Waals surface area contributed by atoms with Crippen molar-refractivity contribution in [3.8, 4) is 5.75 Å². The summed E-state index contributed by atoms with van der Waals surface area (Å²) < 4.78 is 36.8. The molecule has 8 heteroatoms. The van der Waals surface area contributed by atoms with E-state index in [1.165, 1.54) is 11.4 Å². The minimum atomic E-state index is -3.63. The van der Waals surface area contributed by atoms with E-state index in [0.717, 1.165) is 0 Å². The van der Waals surface area contributed by atoms with Crippen molar-refractivity contribution in [2.45, 2.75) is 17.9 Å². The van der Waals surface area contributed by atoms with Crippen molar-refractivity contribution in [1.82, 2.24) is 5.32 Å². The summed E-state index contributed by atoms with van der Waals surface area (Å²) in [6.45, 7) is 2.12. The zero-order valence-corrected chi connectivity index (χ0v) is 16.4. The fourth-order valence-electron chi connectivity index (χ4n) is 2.40. The third-order valence-corrected chi connectivity index (χ3v) is 5.60. The lowest BCUT2D eigenvalue weighted by Crippen LogP contribution is -2.38. The highest BCUT2D eigenvalue weighted by Gasteiger charge is 2.20. The van der Waals surface area contributed by atoms with Crippen LogP contribution in [0.4, 0.5) is 5.69 Å². The molecule has 27 heavy (non-hydrogen) atoms. The molecule has 1 atom stereocenters. The fraction of sp³-hybridized carbons (Fsp3) is 0.316. The normalized spacial score (nSPS) is 12.3. The third-order valence-electron chi connectivity index (χ3n) is 3.80. The smallest absolute Gasteiger partial charge is 0.264 e. The van der Waals surface area contributed by atoms with Gasteiger partial charge in [-0.05, 0) is 43.3 Å². The molecule has 146 valence electrons. The van der Waals surface area contributed by atoms with Gasteiger partial charge in [-0.1, -0.05) is 18.2 Å². The molecule has 2 aromatic carbocycles. The fourth-order valence-corrected chi connectivity index (χ4v) is 3.62. The van der Waals surface area contributed by atoms with Crippen LogP contribution in [0.15, 0.2) is 59.5 Å². The van der Waals surface area contributed by atoms with Crippen molar-refractivity contribution < 1.29 is 22.7 Å². The largest absolute Gasteiger partial charge is 0.484 e. The number of amides is 1. The number of carbonyl (C=O) groups excluding carboxylic acids is 1. The quantitative estimate of drug-likeness (QED) is 0.706. The van der Waals surface area contributed by atoms with Gasteiger partial charge in [0, 0.05) is 20.2 Å². The number of anilines is 1. The number of sulfonamides is 1. The Hall–Kier alpha value is -2.58. The van der Waals surface area contributed by atoms with Crippen LogP contribution in [0.25, 0.3) is 0 Å². The van der Waals surface area contributed by atoms with E-state index in [0.29, 0.717) is 18.0 Å². The van der Waals surface area contributed by atoms with Crippen molar-refractivity contribution in [1.29, 1.82) is 0 Å². The lowest BCUT2D eigenvalue weighted by molar-refractivity contribution is -0.124. The summed E-state index contributed by atoms with van der Waals surface area (Å²) in [7, 11) is -0.579. The van der Waals surface area contributed by atoms with Crippen molar-refractivity contribution >= 4 is 21.6 Å². The van der Waals surface area contributed by atoms with Crippen LogP contribution in [0.1, 0.15) is 6.92 Å². The zero-order chi connectivity index (χ0) is 19.9. The molecule has 0 saturated heterocycles. The number of ether oxygens (including phenoxy) is 2. The van der Waals surface area contributed by atoms with Gasteiger partial charge >= 0.3 is 0 Å². The molecule has 0 unspecified atom stereocenters. The van der Waals surface area contributed by atoms with Crippen LogP contribution in [0, 0.1) is 0 Å². The highest BCUT2D eigenvalue weighted by atomic mass is 32.2. The molecular formula is C19H24N2O5S. The number of nitrogens with zero attached hydrogens (tertiary/aromatic N) is 1. The number of benzene rings is 2. The molecule has 0 aliphatic rings. The van der Waals surface area contributed by atoms with Crippen molar-refractivity contribution in [3.63, 3.8) is 0 Å². The zero-order valence-electron chi connectivity index (χ0n) is 15.6. The van der Waals surface area contributed by atoms with Crippen LogP contribution in [0.2, 0.25) is 0 Å². The van der Waals surface area contributed by atoms with E-state index >= 15 is 0 Å². The van der Waals surface area contributed by atoms with E-state index in [2.05, 4.69) is 5.32 Å². The second-order valence-corrected chi connectivity index (χ2v) is 7.96. The summed E-state index contributed by atoms with van der Waals surface area (Å²) in [6.07, 6.45) is 0. The van der Waals surface area contributed by atoms with E-state index in [1.807, 2.05) is 6.92 Å². The number of nitrogens with one attached hydrogen (secondary N) is 1. The van der Waals surface area contributed by atoms with Gasteiger partial charge in [-0.15, -0.1) is 0 Å². The molecule has 2 aromatic rings. The summed E-state index contributed by atoms with van der Waals surface area (Å²) in [5, 5.41) is 2.74. The number of hydrogen-bond acceptors (Lipinski definition) is 5. The lowest BCUT2D eigenvalue weighted by Gasteiger charge is -2.20. The first-order chi connectivity index (χ1) is 12.8. The minimum Gasteiger partial charge on any atom is -0.484 e. The predicted octanol–water partition coefficient (Wildman–Crippen LogP) is 2.04. The molecule has 0 aliphatic heterocycles. The molecule has 0 radical (unpaired) electrons. The molecule has 0 saturated carbocycles. The first-order valence-corrected chi connectivity index (χ1v) is 9.83. The number of hydrogen-bond donors (Lipinski definition) is 1. The van der Waals surface area contributed by atoms with Crippen LogP contribution in [-0.2, 0) is 19.6 Å². The summed E-state index contributed by atoms with van der Waals surface area (Å²) in [5.74, 6) is 0.214. The number of methoxy groups -OCH3 is 1. The van der Waals surface area contributed by atoms with Crippen LogP contribution in [-0.4, -0.2) is 47.7 Å². The van der Waals surface area contributed by atoms with E-state index in [4.69, 9.17) is 9.47 Å². The van der Waals surface area contributed by atoms with Gasteiger partial charge in [0.25, 0.3) is 15.9 Å². The molecule has 0 heterocycles. The van der Waals surface area contributed by atoms with Gasteiger partial charge in [-0.25, -0.2) is 8.42 Å². The maximum Gasteiger partial charge on any atom is 0.264 e. The topological polar surface area (TPSA) is 84.9 Å². The molecule has 0 fully saturated rings. The standard InChI is InChI=1S/C19H24N2O5S/c1-15(13-25-3)20-19(22)14-26-17-11-9-16(10-12-17)21(2)27(23,24)18-7-5-4-6-8-18/h4-12,15H,13-14H2,1-3H3,(H,20,22)/t15-/m1/s1. The van der Waals surface area contributed by atoms with Gasteiger partial charge in [0.15, 0.2) is 6.61 Å². The Kier molecular flexibility index (Phi) is 7.20. The number of rotatable bonds is 9. The Morgan fingerprint density at radius 3 is 2.33 bits per heavy atom. The highest BCUT2D eigenvalue weighted by molar-refractivity contribution is 7.92. The monoisotopic (exact) mass is 392 g/mol. The average Bonchev–Trinajstić information content (AvgIpc) is 2.67. The molecule has 1 amide bonds. The maximum absolute atomic E-state index is 12.6. The van der Waals surface area contributed by atoms with Crippen molar-refractivity contribution in [2.24, 2.45) is 0 Å². The summed E-state index contributed by atoms with van der Waals surface area (Å²) in [4.78, 5) is 12.0. The Labute approximate surface area is 160 Å². The van der Waals surface area contributed by atoms with Crippen LogP contribution >= 0.6 is 0 Å². The van der Waals surface area contributed by atoms with Crippen LogP contribution < -0.4 is 14.4 Å². The SMILES string of the molecule is COC[C@@H](C)NC(=O)COc1ccc(N(C)S(=O)(=O)c2ccccc2)cc1. The summed E-state index contributed by atoms with van der Waals surface area (Å²) >= 11 is 0. The van der Waals surface area contributed by atoms with E-state index < -0.39 is 10.0 Å². The molecule has 1 N–H and O–H groups in total. The highest BCUT2D eigenvalue weighted by Crippen LogP contribution is 2.24. The van der Waals surface area contributed by atoms with E-state index in [1.54, 1.807) is 61.7 Å². The molecule has 0 aliphatic carbocycles. The Balaban J connectivity index is 1.97. The second kappa shape index (κ2) is 9.38. The van der Waals surface area contributed by atoms with Crippen molar-refractivity contribution in [2.75, 3.05) is 31.7 Å².